The maximum absolute atomic E-state index is 14.6. The molecule has 8 heteroatoms. The summed E-state index contributed by atoms with van der Waals surface area (Å²) in [4.78, 5) is 13.1. The molecule has 0 atom stereocenters. The number of rotatable bonds is 5. The summed E-state index contributed by atoms with van der Waals surface area (Å²) >= 11 is 6.28. The zero-order valence-corrected chi connectivity index (χ0v) is 15.6. The maximum atomic E-state index is 14.6. The van der Waals surface area contributed by atoms with Crippen LogP contribution in [-0.2, 0) is 4.79 Å². The lowest BCUT2D eigenvalue weighted by molar-refractivity contribution is -0.129. The molecule has 2 aromatic carbocycles. The van der Waals surface area contributed by atoms with Crippen molar-refractivity contribution < 1.29 is 27.1 Å². The molecule has 0 unspecified atom stereocenters. The number of alkyl halides is 2. The first-order valence-electron chi connectivity index (χ1n) is 8.43. The van der Waals surface area contributed by atoms with Crippen LogP contribution in [0.25, 0.3) is 11.3 Å². The van der Waals surface area contributed by atoms with Crippen LogP contribution in [0.5, 0.6) is 5.75 Å². The highest BCUT2D eigenvalue weighted by atomic mass is 35.5. The van der Waals surface area contributed by atoms with Gasteiger partial charge in [-0.2, -0.15) is 0 Å². The van der Waals surface area contributed by atoms with Crippen LogP contribution < -0.4 is 4.74 Å². The number of carbonyl (C=O) groups excluding carboxylic acids is 1. The molecule has 0 radical (unpaired) electrons. The second kappa shape index (κ2) is 8.22. The van der Waals surface area contributed by atoms with Crippen LogP contribution in [0.2, 0.25) is 5.02 Å². The van der Waals surface area contributed by atoms with Crippen molar-refractivity contribution >= 4 is 28.8 Å². The van der Waals surface area contributed by atoms with Gasteiger partial charge in [-0.1, -0.05) is 17.7 Å². The topological polar surface area (TPSA) is 29.5 Å². The van der Waals surface area contributed by atoms with Crippen molar-refractivity contribution in [3.05, 3.63) is 64.2 Å². The van der Waals surface area contributed by atoms with Crippen LogP contribution in [-0.4, -0.2) is 30.9 Å². The third-order valence-electron chi connectivity index (χ3n) is 4.46. The van der Waals surface area contributed by atoms with Crippen molar-refractivity contribution in [3.8, 4) is 5.75 Å². The van der Waals surface area contributed by atoms with E-state index < -0.39 is 36.1 Å². The highest BCUT2D eigenvalue weighted by molar-refractivity contribution is 6.32. The summed E-state index contributed by atoms with van der Waals surface area (Å²) in [6.07, 6.45) is -2.88. The van der Waals surface area contributed by atoms with Crippen molar-refractivity contribution in [1.82, 2.24) is 4.90 Å². The van der Waals surface area contributed by atoms with E-state index in [1.54, 1.807) is 12.1 Å². The number of methoxy groups -OCH3 is 1. The van der Waals surface area contributed by atoms with E-state index in [0.717, 1.165) is 23.1 Å². The Balaban J connectivity index is 2.34. The lowest BCUT2D eigenvalue weighted by atomic mass is 9.90. The molecule has 0 spiro atoms. The predicted molar refractivity (Wildman–Crippen MR) is 98.1 cm³/mol. The molecule has 1 aliphatic rings. The number of hydrogen-bond acceptors (Lipinski definition) is 2. The lowest BCUT2D eigenvalue weighted by Gasteiger charge is -2.33. The highest BCUT2D eigenvalue weighted by Crippen LogP contribution is 2.42. The largest absolute Gasteiger partial charge is 0.497 e. The average molecular weight is 414 g/mol. The van der Waals surface area contributed by atoms with Crippen molar-refractivity contribution in [3.63, 3.8) is 0 Å². The summed E-state index contributed by atoms with van der Waals surface area (Å²) in [6, 6.07) is 7.86. The molecular weight excluding hydrogens is 398 g/mol. The van der Waals surface area contributed by atoms with Gasteiger partial charge in [0.05, 0.1) is 24.9 Å². The minimum atomic E-state index is -2.88. The molecule has 3 nitrogen and oxygen atoms in total. The average Bonchev–Trinajstić information content (AvgIpc) is 2.64. The van der Waals surface area contributed by atoms with E-state index >= 15 is 0 Å². The van der Waals surface area contributed by atoms with E-state index in [9.17, 15) is 22.4 Å². The first-order valence-corrected chi connectivity index (χ1v) is 8.81. The van der Waals surface area contributed by atoms with Crippen molar-refractivity contribution in [1.29, 1.82) is 0 Å². The minimum Gasteiger partial charge on any atom is -0.497 e. The summed E-state index contributed by atoms with van der Waals surface area (Å²) in [5, 5.41) is 0.247. The van der Waals surface area contributed by atoms with Crippen molar-refractivity contribution in [2.45, 2.75) is 19.3 Å². The second-order valence-corrected chi connectivity index (χ2v) is 6.57. The van der Waals surface area contributed by atoms with E-state index in [0.29, 0.717) is 16.9 Å². The third-order valence-corrected chi connectivity index (χ3v) is 4.79. The van der Waals surface area contributed by atoms with Gasteiger partial charge in [0.15, 0.2) is 0 Å². The van der Waals surface area contributed by atoms with Gasteiger partial charge >= 0.3 is 0 Å². The highest BCUT2D eigenvalue weighted by Gasteiger charge is 2.34. The Hall–Kier alpha value is -2.54. The molecule has 28 heavy (non-hydrogen) atoms. The standard InChI is InChI=1S/C20H16ClF4NO2/c1-28-11-5-7-14(21)13(9-11)12-6-8-18(27)26(10-17(24)25)20(12)19-15(22)3-2-4-16(19)23/h2-5,7,9,17H,6,8,10H2,1H3. The molecule has 0 aliphatic carbocycles. The molecule has 0 N–H and O–H groups in total. The molecular formula is C20H16ClF4NO2. The third kappa shape index (κ3) is 3.85. The number of ether oxygens (including phenoxy) is 1. The SMILES string of the molecule is COc1ccc(Cl)c(C2=C(c3c(F)cccc3F)N(CC(F)F)C(=O)CC2)c1. The number of carbonyl (C=O) groups is 1. The van der Waals surface area contributed by atoms with Crippen LogP contribution in [0, 0.1) is 11.6 Å². The molecule has 0 aromatic heterocycles. The number of amides is 1. The van der Waals surface area contributed by atoms with Crippen LogP contribution in [0.15, 0.2) is 36.4 Å². The van der Waals surface area contributed by atoms with Gasteiger partial charge in [0, 0.05) is 17.0 Å². The van der Waals surface area contributed by atoms with E-state index in [-0.39, 0.29) is 23.6 Å². The van der Waals surface area contributed by atoms with E-state index in [2.05, 4.69) is 0 Å². The molecule has 0 saturated heterocycles. The fraction of sp³-hybridized carbons (Fsp3) is 0.250. The fourth-order valence-corrected chi connectivity index (χ4v) is 3.47. The predicted octanol–water partition coefficient (Wildman–Crippen LogP) is 5.38. The minimum absolute atomic E-state index is 0.0881. The zero-order chi connectivity index (χ0) is 20.4. The Bertz CT molecular complexity index is 926. The molecule has 0 saturated carbocycles. The lowest BCUT2D eigenvalue weighted by Crippen LogP contribution is -2.37. The number of allylic oxidation sites excluding steroid dienone is 1. The van der Waals surface area contributed by atoms with Gasteiger partial charge in [0.25, 0.3) is 6.43 Å². The first kappa shape index (κ1) is 20.2. The quantitative estimate of drug-likeness (QED) is 0.616. The Morgan fingerprint density at radius 2 is 1.82 bits per heavy atom. The molecule has 3 rings (SSSR count). The Kier molecular flexibility index (Phi) is 5.93. The first-order chi connectivity index (χ1) is 13.3. The normalized spacial score (nSPS) is 14.8. The van der Waals surface area contributed by atoms with E-state index in [4.69, 9.17) is 16.3 Å². The molecule has 1 aliphatic heterocycles. The summed E-state index contributed by atoms with van der Waals surface area (Å²) in [6.45, 7) is -0.979. The van der Waals surface area contributed by atoms with Crippen LogP contribution >= 0.6 is 11.6 Å². The number of halogens is 5. The van der Waals surface area contributed by atoms with E-state index in [1.165, 1.54) is 13.2 Å². The van der Waals surface area contributed by atoms with Crippen molar-refractivity contribution in [2.24, 2.45) is 0 Å². The summed E-state index contributed by atoms with van der Waals surface area (Å²) < 4.78 is 60.6. The molecule has 148 valence electrons. The van der Waals surface area contributed by atoms with Crippen LogP contribution in [0.4, 0.5) is 17.6 Å². The Labute approximate surface area is 164 Å². The molecule has 0 fully saturated rings. The monoisotopic (exact) mass is 413 g/mol. The van der Waals surface area contributed by atoms with Crippen molar-refractivity contribution in [2.75, 3.05) is 13.7 Å². The Morgan fingerprint density at radius 3 is 2.43 bits per heavy atom. The zero-order valence-electron chi connectivity index (χ0n) is 14.8. The maximum Gasteiger partial charge on any atom is 0.256 e. The second-order valence-electron chi connectivity index (χ2n) is 6.17. The molecule has 1 amide bonds. The van der Waals surface area contributed by atoms with Gasteiger partial charge in [0.1, 0.15) is 17.4 Å². The van der Waals surface area contributed by atoms with Gasteiger partial charge in [-0.15, -0.1) is 0 Å². The van der Waals surface area contributed by atoms with Gasteiger partial charge in [-0.05, 0) is 42.3 Å². The number of nitrogens with zero attached hydrogens (tertiary/aromatic N) is 1. The van der Waals surface area contributed by atoms with Gasteiger partial charge in [0.2, 0.25) is 5.91 Å². The summed E-state index contributed by atoms with van der Waals surface area (Å²) in [7, 11) is 1.44. The van der Waals surface area contributed by atoms with E-state index in [1.807, 2.05) is 0 Å². The molecule has 1 heterocycles. The number of benzene rings is 2. The van der Waals surface area contributed by atoms with Gasteiger partial charge in [-0.3, -0.25) is 4.79 Å². The summed E-state index contributed by atoms with van der Waals surface area (Å²) in [5.41, 5.74) is -0.106. The van der Waals surface area contributed by atoms with Gasteiger partial charge in [-0.25, -0.2) is 17.6 Å². The van der Waals surface area contributed by atoms with Crippen LogP contribution in [0.1, 0.15) is 24.0 Å². The number of hydrogen-bond donors (Lipinski definition) is 0. The fourth-order valence-electron chi connectivity index (χ4n) is 3.24. The molecule has 2 aromatic rings. The Morgan fingerprint density at radius 1 is 1.14 bits per heavy atom. The van der Waals surface area contributed by atoms with Crippen LogP contribution in [0.3, 0.4) is 0 Å². The summed E-state index contributed by atoms with van der Waals surface area (Å²) in [5.74, 6) is -2.13. The smallest absolute Gasteiger partial charge is 0.256 e. The van der Waals surface area contributed by atoms with Gasteiger partial charge < -0.3 is 9.64 Å². The molecule has 0 bridgehead atoms.